The van der Waals surface area contributed by atoms with Gasteiger partial charge in [0.05, 0.1) is 24.8 Å². The van der Waals surface area contributed by atoms with E-state index in [-0.39, 0.29) is 24.1 Å². The van der Waals surface area contributed by atoms with E-state index in [0.29, 0.717) is 15.8 Å². The maximum Gasteiger partial charge on any atom is 0.306 e. The Hall–Kier alpha value is -1.54. The Bertz CT molecular complexity index is 525. The van der Waals surface area contributed by atoms with Crippen molar-refractivity contribution in [2.45, 2.75) is 6.42 Å². The predicted molar refractivity (Wildman–Crippen MR) is 83.7 cm³/mol. The highest BCUT2D eigenvalue weighted by Crippen LogP contribution is 2.15. The zero-order chi connectivity index (χ0) is 15.7. The van der Waals surface area contributed by atoms with Gasteiger partial charge in [0, 0.05) is 10.2 Å². The smallest absolute Gasteiger partial charge is 0.306 e. The molecule has 0 saturated heterocycles. The van der Waals surface area contributed by atoms with E-state index in [1.165, 1.54) is 18.9 Å². The molecule has 2 N–H and O–H groups in total. The average Bonchev–Trinajstić information content (AvgIpc) is 2.49. The van der Waals surface area contributed by atoms with Gasteiger partial charge in [-0.1, -0.05) is 12.1 Å². The molecule has 114 valence electrons. The molecular formula is C13H15BrN2O4S. The van der Waals surface area contributed by atoms with Gasteiger partial charge in [-0.3, -0.25) is 25.2 Å². The number of carbonyl (C=O) groups is 3. The van der Waals surface area contributed by atoms with Gasteiger partial charge in [-0.2, -0.15) is 11.8 Å². The van der Waals surface area contributed by atoms with Crippen molar-refractivity contribution in [3.8, 4) is 0 Å². The lowest BCUT2D eigenvalue weighted by atomic mass is 10.2. The van der Waals surface area contributed by atoms with E-state index < -0.39 is 5.91 Å². The number of halogens is 1. The maximum atomic E-state index is 11.8. The molecule has 0 bridgehead atoms. The molecule has 0 atom stereocenters. The first-order valence-electron chi connectivity index (χ1n) is 6.03. The highest BCUT2D eigenvalue weighted by molar-refractivity contribution is 9.10. The molecule has 0 saturated carbocycles. The molecule has 0 unspecified atom stereocenters. The number of benzene rings is 1. The van der Waals surface area contributed by atoms with Crippen LogP contribution in [0.3, 0.4) is 0 Å². The fraction of sp³-hybridized carbons (Fsp3) is 0.308. The molecule has 0 aliphatic rings. The molecule has 0 aliphatic heterocycles. The minimum Gasteiger partial charge on any atom is -0.469 e. The molecule has 1 aromatic carbocycles. The van der Waals surface area contributed by atoms with Crippen LogP contribution in [0.15, 0.2) is 28.7 Å². The number of carbonyl (C=O) groups excluding carboxylic acids is 3. The third kappa shape index (κ3) is 6.63. The van der Waals surface area contributed by atoms with E-state index in [9.17, 15) is 14.4 Å². The zero-order valence-electron chi connectivity index (χ0n) is 11.3. The summed E-state index contributed by atoms with van der Waals surface area (Å²) >= 11 is 4.54. The van der Waals surface area contributed by atoms with E-state index >= 15 is 0 Å². The van der Waals surface area contributed by atoms with Gasteiger partial charge < -0.3 is 4.74 Å². The van der Waals surface area contributed by atoms with Crippen molar-refractivity contribution in [2.75, 3.05) is 18.6 Å². The highest BCUT2D eigenvalue weighted by atomic mass is 79.9. The van der Waals surface area contributed by atoms with E-state index in [4.69, 9.17) is 0 Å². The van der Waals surface area contributed by atoms with Crippen LogP contribution in [0.4, 0.5) is 0 Å². The van der Waals surface area contributed by atoms with Gasteiger partial charge in [0.15, 0.2) is 0 Å². The summed E-state index contributed by atoms with van der Waals surface area (Å²) in [6.45, 7) is 0. The number of ether oxygens (including phenoxy) is 1. The number of hydrogen-bond donors (Lipinski definition) is 2. The molecule has 0 aromatic heterocycles. The van der Waals surface area contributed by atoms with Gasteiger partial charge in [0.2, 0.25) is 5.91 Å². The van der Waals surface area contributed by atoms with E-state index in [1.54, 1.807) is 24.3 Å². The van der Waals surface area contributed by atoms with Crippen molar-refractivity contribution in [1.82, 2.24) is 10.9 Å². The first-order valence-corrected chi connectivity index (χ1v) is 7.97. The van der Waals surface area contributed by atoms with Gasteiger partial charge >= 0.3 is 5.97 Å². The summed E-state index contributed by atoms with van der Waals surface area (Å²) in [6, 6.07) is 6.89. The summed E-state index contributed by atoms with van der Waals surface area (Å²) in [5.74, 6) is -0.434. The normalized spacial score (nSPS) is 9.81. The summed E-state index contributed by atoms with van der Waals surface area (Å²) in [7, 11) is 1.32. The third-order valence-electron chi connectivity index (χ3n) is 2.35. The second-order valence-corrected chi connectivity index (χ2v) is 5.82. The second kappa shape index (κ2) is 9.41. The van der Waals surface area contributed by atoms with Crippen LogP contribution in [-0.2, 0) is 14.3 Å². The first kappa shape index (κ1) is 17.5. The predicted octanol–water partition coefficient (Wildman–Crippen LogP) is 1.51. The Labute approximate surface area is 135 Å². The highest BCUT2D eigenvalue weighted by Gasteiger charge is 2.10. The number of rotatable bonds is 6. The largest absolute Gasteiger partial charge is 0.469 e. The van der Waals surface area contributed by atoms with Crippen LogP contribution in [0.1, 0.15) is 16.8 Å². The number of methoxy groups -OCH3 is 1. The fourth-order valence-electron chi connectivity index (χ4n) is 1.30. The molecule has 2 amide bonds. The van der Waals surface area contributed by atoms with Crippen LogP contribution < -0.4 is 10.9 Å². The lowest BCUT2D eigenvalue weighted by Gasteiger charge is -2.08. The van der Waals surface area contributed by atoms with Crippen molar-refractivity contribution >= 4 is 45.5 Å². The fourth-order valence-corrected chi connectivity index (χ4v) is 2.48. The summed E-state index contributed by atoms with van der Waals surface area (Å²) in [6.07, 6.45) is 0.248. The SMILES string of the molecule is COC(=O)CCSCC(=O)NNC(=O)c1ccccc1Br. The van der Waals surface area contributed by atoms with Crippen LogP contribution in [0.25, 0.3) is 0 Å². The lowest BCUT2D eigenvalue weighted by Crippen LogP contribution is -2.42. The number of thioether (sulfide) groups is 1. The molecule has 1 aromatic rings. The standard InChI is InChI=1S/C13H15BrN2O4S/c1-20-12(18)6-7-21-8-11(17)15-16-13(19)9-4-2-3-5-10(9)14/h2-5H,6-8H2,1H3,(H,15,17)(H,16,19). The molecular weight excluding hydrogens is 360 g/mol. The number of esters is 1. The van der Waals surface area contributed by atoms with Crippen molar-refractivity contribution < 1.29 is 19.1 Å². The van der Waals surface area contributed by atoms with E-state index in [2.05, 4.69) is 31.5 Å². The summed E-state index contributed by atoms with van der Waals surface area (Å²) in [5.41, 5.74) is 5.07. The second-order valence-electron chi connectivity index (χ2n) is 3.86. The van der Waals surface area contributed by atoms with Crippen molar-refractivity contribution in [3.05, 3.63) is 34.3 Å². The Kier molecular flexibility index (Phi) is 7.84. The molecule has 21 heavy (non-hydrogen) atoms. The Balaban J connectivity index is 2.26. The van der Waals surface area contributed by atoms with Gasteiger partial charge in [0.25, 0.3) is 5.91 Å². The topological polar surface area (TPSA) is 84.5 Å². The van der Waals surface area contributed by atoms with Crippen LogP contribution in [0.5, 0.6) is 0 Å². The van der Waals surface area contributed by atoms with Crippen LogP contribution in [-0.4, -0.2) is 36.4 Å². The minimum absolute atomic E-state index is 0.146. The Morgan fingerprint density at radius 2 is 1.95 bits per heavy atom. The van der Waals surface area contributed by atoms with Crippen molar-refractivity contribution in [2.24, 2.45) is 0 Å². The molecule has 1 rings (SSSR count). The number of nitrogens with one attached hydrogen (secondary N) is 2. The number of hydrazine groups is 1. The number of hydrogen-bond acceptors (Lipinski definition) is 5. The molecule has 0 spiro atoms. The summed E-state index contributed by atoms with van der Waals surface area (Å²) < 4.78 is 5.12. The van der Waals surface area contributed by atoms with Crippen LogP contribution in [0, 0.1) is 0 Å². The van der Waals surface area contributed by atoms with Crippen LogP contribution >= 0.6 is 27.7 Å². The number of amides is 2. The maximum absolute atomic E-state index is 11.8. The van der Waals surface area contributed by atoms with Gasteiger partial charge in [-0.15, -0.1) is 0 Å². The molecule has 8 heteroatoms. The molecule has 0 aliphatic carbocycles. The molecule has 0 fully saturated rings. The Morgan fingerprint density at radius 1 is 1.24 bits per heavy atom. The zero-order valence-corrected chi connectivity index (χ0v) is 13.8. The Morgan fingerprint density at radius 3 is 2.62 bits per heavy atom. The average molecular weight is 375 g/mol. The first-order chi connectivity index (χ1) is 10.0. The van der Waals surface area contributed by atoms with Crippen LogP contribution in [0.2, 0.25) is 0 Å². The monoisotopic (exact) mass is 374 g/mol. The van der Waals surface area contributed by atoms with Crippen molar-refractivity contribution in [1.29, 1.82) is 0 Å². The molecule has 6 nitrogen and oxygen atoms in total. The van der Waals surface area contributed by atoms with Gasteiger partial charge in [-0.05, 0) is 28.1 Å². The van der Waals surface area contributed by atoms with Gasteiger partial charge in [0.1, 0.15) is 0 Å². The summed E-state index contributed by atoms with van der Waals surface area (Å²) in [4.78, 5) is 34.2. The third-order valence-corrected chi connectivity index (χ3v) is 4.00. The van der Waals surface area contributed by atoms with E-state index in [1.807, 2.05) is 0 Å². The molecule has 0 radical (unpaired) electrons. The van der Waals surface area contributed by atoms with E-state index in [0.717, 1.165) is 0 Å². The quantitative estimate of drug-likeness (QED) is 0.447. The summed E-state index contributed by atoms with van der Waals surface area (Å²) in [5, 5.41) is 0. The van der Waals surface area contributed by atoms with Crippen molar-refractivity contribution in [3.63, 3.8) is 0 Å². The minimum atomic E-state index is -0.407. The van der Waals surface area contributed by atoms with Gasteiger partial charge in [-0.25, -0.2) is 0 Å². The lowest BCUT2D eigenvalue weighted by molar-refractivity contribution is -0.140. The molecule has 0 heterocycles.